The maximum atomic E-state index is 12.4. The Kier molecular flexibility index (Phi) is 50.3. The van der Waals surface area contributed by atoms with E-state index >= 15 is 0 Å². The van der Waals surface area contributed by atoms with Crippen molar-refractivity contribution in [2.24, 2.45) is 0 Å². The summed E-state index contributed by atoms with van der Waals surface area (Å²) in [6, 6.07) is -0.637. The number of amides is 1. The van der Waals surface area contributed by atoms with Crippen molar-refractivity contribution in [3.05, 3.63) is 72.9 Å². The summed E-state index contributed by atoms with van der Waals surface area (Å²) >= 11 is 0. The van der Waals surface area contributed by atoms with Gasteiger partial charge in [-0.2, -0.15) is 0 Å². The largest absolute Gasteiger partial charge is 0.394 e. The fourth-order valence-electron chi connectivity index (χ4n) is 7.89. The number of carbonyl (C=O) groups excluding carboxylic acids is 1. The van der Waals surface area contributed by atoms with Gasteiger partial charge in [-0.15, -0.1) is 0 Å². The molecule has 0 aromatic carbocycles. The van der Waals surface area contributed by atoms with Crippen LogP contribution in [0.2, 0.25) is 0 Å². The number of carbonyl (C=O) groups is 1. The van der Waals surface area contributed by atoms with E-state index in [1.54, 1.807) is 6.08 Å². The van der Waals surface area contributed by atoms with E-state index in [4.69, 9.17) is 0 Å². The first kappa shape index (κ1) is 58.8. The normalized spacial score (nSPS) is 13.4. The fourth-order valence-corrected chi connectivity index (χ4v) is 7.89. The predicted octanol–water partition coefficient (Wildman–Crippen LogP) is 17.4. The summed E-state index contributed by atoms with van der Waals surface area (Å²) in [6.07, 6.45) is 75.1. The van der Waals surface area contributed by atoms with Gasteiger partial charge in [0.25, 0.3) is 0 Å². The van der Waals surface area contributed by atoms with Crippen LogP contribution in [-0.2, 0) is 4.79 Å². The predicted molar refractivity (Wildman–Crippen MR) is 271 cm³/mol. The number of aliphatic hydroxyl groups is 2. The third kappa shape index (κ3) is 48.7. The fraction of sp³-hybridized carbons (Fsp3) is 0.772. The summed E-state index contributed by atoms with van der Waals surface area (Å²) in [5.74, 6) is -0.0737. The van der Waals surface area contributed by atoms with E-state index in [2.05, 4.69) is 79.9 Å². The average Bonchev–Trinajstić information content (AvgIpc) is 3.26. The van der Waals surface area contributed by atoms with Gasteiger partial charge in [-0.1, -0.05) is 260 Å². The van der Waals surface area contributed by atoms with Crippen molar-refractivity contribution in [3.63, 3.8) is 0 Å². The molecular weight excluding hydrogens is 747 g/mol. The van der Waals surface area contributed by atoms with Gasteiger partial charge in [0.05, 0.1) is 18.8 Å². The lowest BCUT2D eigenvalue weighted by Crippen LogP contribution is -2.45. The highest BCUT2D eigenvalue weighted by molar-refractivity contribution is 5.76. The molecule has 0 aliphatic rings. The third-order valence-corrected chi connectivity index (χ3v) is 11.9. The van der Waals surface area contributed by atoms with Gasteiger partial charge in [-0.25, -0.2) is 0 Å². The van der Waals surface area contributed by atoms with Crippen LogP contribution in [0.25, 0.3) is 0 Å². The summed E-state index contributed by atoms with van der Waals surface area (Å²) in [5.41, 5.74) is 0. The number of rotatable bonds is 48. The van der Waals surface area contributed by atoms with Crippen molar-refractivity contribution in [1.29, 1.82) is 0 Å². The standard InChI is InChI=1S/C57H103NO3/c1-3-5-7-9-11-13-15-16-17-18-19-20-21-22-23-24-25-26-27-28-29-30-31-32-33-34-35-36-37-38-39-40-41-42-43-45-47-49-51-53-57(61)58-55(54-59)56(60)52-50-48-46-44-14-12-10-8-6-4-2/h5,7,11,13-14,16-17,19-20,44,50,52,55-56,59-60H,3-4,6,8-10,12,15,18,21-43,45-49,51,53-54H2,1-2H3,(H,58,61)/b7-5-,13-11-,17-16-,20-19-,44-14+,52-50+. The molecule has 354 valence electrons. The molecule has 61 heavy (non-hydrogen) atoms. The van der Waals surface area contributed by atoms with Crippen LogP contribution in [-0.4, -0.2) is 34.9 Å². The number of allylic oxidation sites excluding steroid dienone is 11. The van der Waals surface area contributed by atoms with Gasteiger partial charge in [0.15, 0.2) is 0 Å². The van der Waals surface area contributed by atoms with Crippen molar-refractivity contribution < 1.29 is 15.0 Å². The SMILES string of the molecule is CC/C=C\C/C=C\C/C=C\C/C=C\CCCCCCCCCCCCCCCCCCCCCCCCCCCCC(=O)NC(CO)C(O)/C=C/CC/C=C/CCCCCC. The Labute approximate surface area is 380 Å². The molecule has 0 aromatic heterocycles. The first-order valence-corrected chi connectivity index (χ1v) is 26.7. The topological polar surface area (TPSA) is 69.6 Å². The molecule has 0 rings (SSSR count). The molecule has 0 aromatic rings. The van der Waals surface area contributed by atoms with E-state index < -0.39 is 12.1 Å². The van der Waals surface area contributed by atoms with Crippen molar-refractivity contribution in [3.8, 4) is 0 Å². The number of hydrogen-bond acceptors (Lipinski definition) is 3. The molecule has 0 saturated carbocycles. The van der Waals surface area contributed by atoms with Gasteiger partial charge in [-0.3, -0.25) is 4.79 Å². The molecule has 3 N–H and O–H groups in total. The Bertz CT molecular complexity index is 1050. The minimum Gasteiger partial charge on any atom is -0.394 e. The van der Waals surface area contributed by atoms with Gasteiger partial charge in [0.1, 0.15) is 0 Å². The molecule has 0 fully saturated rings. The molecular formula is C57H103NO3. The molecule has 0 saturated heterocycles. The van der Waals surface area contributed by atoms with Crippen LogP contribution in [0.3, 0.4) is 0 Å². The smallest absolute Gasteiger partial charge is 0.220 e. The molecule has 4 heteroatoms. The van der Waals surface area contributed by atoms with Crippen LogP contribution in [0.1, 0.15) is 264 Å². The Morgan fingerprint density at radius 1 is 0.410 bits per heavy atom. The molecule has 0 aliphatic heterocycles. The van der Waals surface area contributed by atoms with Gasteiger partial charge >= 0.3 is 0 Å². The maximum absolute atomic E-state index is 12.4. The molecule has 4 nitrogen and oxygen atoms in total. The summed E-state index contributed by atoms with van der Waals surface area (Å²) in [5, 5.41) is 22.9. The van der Waals surface area contributed by atoms with E-state index in [1.807, 2.05) is 6.08 Å². The molecule has 0 aliphatic carbocycles. The highest BCUT2D eigenvalue weighted by atomic mass is 16.3. The molecule has 2 atom stereocenters. The van der Waals surface area contributed by atoms with Crippen LogP contribution in [0.5, 0.6) is 0 Å². The third-order valence-electron chi connectivity index (χ3n) is 11.9. The van der Waals surface area contributed by atoms with Gasteiger partial charge in [0.2, 0.25) is 5.91 Å². The van der Waals surface area contributed by atoms with Crippen LogP contribution in [0.4, 0.5) is 0 Å². The van der Waals surface area contributed by atoms with Crippen LogP contribution < -0.4 is 5.32 Å². The number of unbranched alkanes of at least 4 members (excludes halogenated alkanes) is 31. The lowest BCUT2D eigenvalue weighted by atomic mass is 10.0. The average molecular weight is 850 g/mol. The summed E-state index contributed by atoms with van der Waals surface area (Å²) in [4.78, 5) is 12.4. The van der Waals surface area contributed by atoms with Gasteiger partial charge in [-0.05, 0) is 70.6 Å². The van der Waals surface area contributed by atoms with E-state index in [0.717, 1.165) is 57.8 Å². The number of hydrogen-bond donors (Lipinski definition) is 3. The van der Waals surface area contributed by atoms with E-state index in [9.17, 15) is 15.0 Å². The molecule has 0 heterocycles. The highest BCUT2D eigenvalue weighted by Crippen LogP contribution is 2.17. The van der Waals surface area contributed by atoms with Crippen LogP contribution >= 0.6 is 0 Å². The van der Waals surface area contributed by atoms with E-state index in [0.29, 0.717) is 6.42 Å². The van der Waals surface area contributed by atoms with Crippen molar-refractivity contribution in [2.75, 3.05) is 6.61 Å². The summed E-state index contributed by atoms with van der Waals surface area (Å²) < 4.78 is 0. The second-order valence-electron chi connectivity index (χ2n) is 17.9. The Morgan fingerprint density at radius 2 is 0.738 bits per heavy atom. The Morgan fingerprint density at radius 3 is 1.15 bits per heavy atom. The van der Waals surface area contributed by atoms with Crippen LogP contribution in [0.15, 0.2) is 72.9 Å². The lowest BCUT2D eigenvalue weighted by Gasteiger charge is -2.19. The number of aliphatic hydroxyl groups excluding tert-OH is 2. The summed E-state index contributed by atoms with van der Waals surface area (Å²) in [6.45, 7) is 4.15. The van der Waals surface area contributed by atoms with Gasteiger partial charge < -0.3 is 15.5 Å². The second kappa shape index (κ2) is 52.2. The number of nitrogens with one attached hydrogen (secondary N) is 1. The van der Waals surface area contributed by atoms with Crippen molar-refractivity contribution in [2.45, 2.75) is 276 Å². The van der Waals surface area contributed by atoms with Crippen molar-refractivity contribution in [1.82, 2.24) is 5.32 Å². The second-order valence-corrected chi connectivity index (χ2v) is 17.9. The zero-order valence-electron chi connectivity index (χ0n) is 40.7. The van der Waals surface area contributed by atoms with Crippen LogP contribution in [0, 0.1) is 0 Å². The quantitative estimate of drug-likeness (QED) is 0.0422. The Hall–Kier alpha value is -2.17. The maximum Gasteiger partial charge on any atom is 0.220 e. The van der Waals surface area contributed by atoms with E-state index in [1.165, 1.54) is 186 Å². The minimum atomic E-state index is -0.860. The highest BCUT2D eigenvalue weighted by Gasteiger charge is 2.17. The Balaban J connectivity index is 3.38. The first-order chi connectivity index (χ1) is 30.2. The van der Waals surface area contributed by atoms with Gasteiger partial charge in [0, 0.05) is 6.42 Å². The summed E-state index contributed by atoms with van der Waals surface area (Å²) in [7, 11) is 0. The molecule has 2 unspecified atom stereocenters. The molecule has 0 radical (unpaired) electrons. The first-order valence-electron chi connectivity index (χ1n) is 26.7. The minimum absolute atomic E-state index is 0.0737. The molecule has 0 bridgehead atoms. The molecule has 0 spiro atoms. The zero-order valence-corrected chi connectivity index (χ0v) is 40.7. The molecule has 1 amide bonds. The monoisotopic (exact) mass is 850 g/mol. The van der Waals surface area contributed by atoms with E-state index in [-0.39, 0.29) is 12.5 Å². The zero-order chi connectivity index (χ0) is 44.2. The van der Waals surface area contributed by atoms with Crippen molar-refractivity contribution >= 4 is 5.91 Å². The lowest BCUT2D eigenvalue weighted by molar-refractivity contribution is -0.123.